The molecule has 8 nitrogen and oxygen atoms in total. The van der Waals surface area contributed by atoms with Gasteiger partial charge in [0, 0.05) is 37.2 Å². The van der Waals surface area contributed by atoms with Crippen molar-refractivity contribution in [1.29, 1.82) is 0 Å². The number of aliphatic hydroxyl groups is 2. The first-order chi connectivity index (χ1) is 15.2. The Hall–Kier alpha value is -2.97. The fraction of sp³-hybridized carbons (Fsp3) is 0.458. The van der Waals surface area contributed by atoms with E-state index in [2.05, 4.69) is 15.2 Å². The molecule has 0 atom stereocenters. The Bertz CT molecular complexity index is 1110. The molecule has 0 aromatic carbocycles. The number of aryl methyl sites for hydroxylation is 2. The monoisotopic (exact) mass is 437 g/mol. The molecular weight excluding hydrogens is 406 g/mol. The molecule has 1 fully saturated rings. The number of carbonyl (C=O) groups is 1. The lowest BCUT2D eigenvalue weighted by Crippen LogP contribution is -2.36. The highest BCUT2D eigenvalue weighted by Gasteiger charge is 2.22. The zero-order chi connectivity index (χ0) is 22.9. The van der Waals surface area contributed by atoms with Crippen LogP contribution in [0.2, 0.25) is 0 Å². The van der Waals surface area contributed by atoms with Crippen LogP contribution in [0.4, 0.5) is 11.4 Å². The SMILES string of the molecule is Cc1cccc(C(=O)Nc2cn3cc(CCC(C)(C)O)nc3cc2N2CCC(O)CC2)n1. The molecule has 3 aromatic heterocycles. The van der Waals surface area contributed by atoms with E-state index in [1.165, 1.54) is 0 Å². The third kappa shape index (κ3) is 5.26. The van der Waals surface area contributed by atoms with E-state index in [-0.39, 0.29) is 12.0 Å². The molecule has 4 rings (SSSR count). The van der Waals surface area contributed by atoms with Gasteiger partial charge in [-0.05, 0) is 58.6 Å². The van der Waals surface area contributed by atoms with Gasteiger partial charge in [0.05, 0.1) is 28.8 Å². The van der Waals surface area contributed by atoms with E-state index in [0.29, 0.717) is 50.2 Å². The Morgan fingerprint density at radius 2 is 1.97 bits per heavy atom. The summed E-state index contributed by atoms with van der Waals surface area (Å²) in [5, 5.41) is 23.0. The zero-order valence-electron chi connectivity index (χ0n) is 18.9. The van der Waals surface area contributed by atoms with Crippen molar-refractivity contribution in [3.8, 4) is 0 Å². The normalized spacial score (nSPS) is 15.3. The molecule has 3 N–H and O–H groups in total. The van der Waals surface area contributed by atoms with Crippen LogP contribution in [0.25, 0.3) is 5.65 Å². The molecule has 0 bridgehead atoms. The molecule has 0 radical (unpaired) electrons. The standard InChI is InChI=1S/C24H31N5O3/c1-16-5-4-6-19(25-16)23(31)27-20-15-29-14-17(7-10-24(2,3)32)26-22(29)13-21(20)28-11-8-18(30)9-12-28/h4-6,13-15,18,30,32H,7-12H2,1-3H3,(H,27,31). The van der Waals surface area contributed by atoms with Gasteiger partial charge in [0.2, 0.25) is 0 Å². The largest absolute Gasteiger partial charge is 0.393 e. The van der Waals surface area contributed by atoms with Crippen molar-refractivity contribution in [1.82, 2.24) is 14.4 Å². The highest BCUT2D eigenvalue weighted by atomic mass is 16.3. The van der Waals surface area contributed by atoms with Gasteiger partial charge in [-0.1, -0.05) is 6.07 Å². The van der Waals surface area contributed by atoms with Crippen molar-refractivity contribution in [2.24, 2.45) is 0 Å². The second-order valence-corrected chi connectivity index (χ2v) is 9.22. The number of piperidine rings is 1. The number of carbonyl (C=O) groups excluding carboxylic acids is 1. The van der Waals surface area contributed by atoms with Crippen LogP contribution in [0.5, 0.6) is 0 Å². The van der Waals surface area contributed by atoms with Gasteiger partial charge in [0.25, 0.3) is 5.91 Å². The van der Waals surface area contributed by atoms with E-state index in [4.69, 9.17) is 4.98 Å². The number of rotatable bonds is 6. The summed E-state index contributed by atoms with van der Waals surface area (Å²) < 4.78 is 1.90. The number of anilines is 2. The number of nitrogens with zero attached hydrogens (tertiary/aromatic N) is 4. The van der Waals surface area contributed by atoms with E-state index in [0.717, 1.165) is 22.7 Å². The number of aliphatic hydroxyl groups excluding tert-OH is 1. The van der Waals surface area contributed by atoms with Gasteiger partial charge in [-0.2, -0.15) is 0 Å². The maximum Gasteiger partial charge on any atom is 0.274 e. The van der Waals surface area contributed by atoms with Crippen LogP contribution in [0.15, 0.2) is 36.7 Å². The second kappa shape index (κ2) is 8.88. The summed E-state index contributed by atoms with van der Waals surface area (Å²) in [5.74, 6) is -0.270. The summed E-state index contributed by atoms with van der Waals surface area (Å²) in [5.41, 5.74) is 3.61. The van der Waals surface area contributed by atoms with Crippen LogP contribution >= 0.6 is 0 Å². The number of hydrogen-bond acceptors (Lipinski definition) is 6. The third-order valence-corrected chi connectivity index (χ3v) is 5.79. The van der Waals surface area contributed by atoms with E-state index in [9.17, 15) is 15.0 Å². The van der Waals surface area contributed by atoms with Gasteiger partial charge in [0.15, 0.2) is 0 Å². The summed E-state index contributed by atoms with van der Waals surface area (Å²) in [4.78, 5) is 24.2. The summed E-state index contributed by atoms with van der Waals surface area (Å²) >= 11 is 0. The molecule has 1 amide bonds. The Morgan fingerprint density at radius 3 is 2.66 bits per heavy atom. The first-order valence-corrected chi connectivity index (χ1v) is 11.1. The fourth-order valence-electron chi connectivity index (χ4n) is 3.95. The van der Waals surface area contributed by atoms with Crippen LogP contribution in [-0.4, -0.2) is 55.3 Å². The maximum absolute atomic E-state index is 12.9. The number of aromatic nitrogens is 3. The highest BCUT2D eigenvalue weighted by Crippen LogP contribution is 2.31. The lowest BCUT2D eigenvalue weighted by molar-refractivity contribution is 0.0711. The number of hydrogen-bond donors (Lipinski definition) is 3. The Balaban J connectivity index is 1.67. The molecular formula is C24H31N5O3. The average molecular weight is 438 g/mol. The van der Waals surface area contributed by atoms with Gasteiger partial charge in [-0.15, -0.1) is 0 Å². The zero-order valence-corrected chi connectivity index (χ0v) is 18.9. The summed E-state index contributed by atoms with van der Waals surface area (Å²) in [6.07, 6.45) is 6.16. The molecule has 1 aliphatic rings. The van der Waals surface area contributed by atoms with Crippen molar-refractivity contribution in [3.05, 3.63) is 53.7 Å². The van der Waals surface area contributed by atoms with E-state index >= 15 is 0 Å². The highest BCUT2D eigenvalue weighted by molar-refractivity contribution is 6.04. The molecule has 0 spiro atoms. The first kappa shape index (κ1) is 22.2. The van der Waals surface area contributed by atoms with E-state index < -0.39 is 5.60 Å². The molecule has 1 saturated heterocycles. The lowest BCUT2D eigenvalue weighted by atomic mass is 10.0. The smallest absolute Gasteiger partial charge is 0.274 e. The fourth-order valence-corrected chi connectivity index (χ4v) is 3.95. The molecule has 0 unspecified atom stereocenters. The predicted octanol–water partition coefficient (Wildman–Crippen LogP) is 2.95. The van der Waals surface area contributed by atoms with Gasteiger partial charge in [0.1, 0.15) is 11.3 Å². The lowest BCUT2D eigenvalue weighted by Gasteiger charge is -2.32. The van der Waals surface area contributed by atoms with Crippen LogP contribution < -0.4 is 10.2 Å². The van der Waals surface area contributed by atoms with Crippen molar-refractivity contribution in [2.45, 2.75) is 58.2 Å². The number of pyridine rings is 2. The van der Waals surface area contributed by atoms with Gasteiger partial charge >= 0.3 is 0 Å². The Labute approximate surface area is 187 Å². The molecule has 8 heteroatoms. The van der Waals surface area contributed by atoms with E-state index in [1.807, 2.05) is 41.9 Å². The van der Waals surface area contributed by atoms with E-state index in [1.54, 1.807) is 19.9 Å². The number of fused-ring (bicyclic) bond motifs is 1. The summed E-state index contributed by atoms with van der Waals surface area (Å²) in [6, 6.07) is 7.35. The van der Waals surface area contributed by atoms with Crippen molar-refractivity contribution in [2.75, 3.05) is 23.3 Å². The molecule has 1 aliphatic heterocycles. The first-order valence-electron chi connectivity index (χ1n) is 11.1. The molecule has 170 valence electrons. The molecule has 0 saturated carbocycles. The number of imidazole rings is 1. The van der Waals surface area contributed by atoms with Gasteiger partial charge in [-0.25, -0.2) is 9.97 Å². The Kier molecular flexibility index (Phi) is 6.17. The maximum atomic E-state index is 12.9. The van der Waals surface area contributed by atoms with Crippen LogP contribution in [0.1, 0.15) is 55.0 Å². The molecule has 0 aliphatic carbocycles. The molecule has 3 aromatic rings. The predicted molar refractivity (Wildman–Crippen MR) is 124 cm³/mol. The summed E-state index contributed by atoms with van der Waals surface area (Å²) in [6.45, 7) is 6.84. The molecule has 4 heterocycles. The van der Waals surface area contributed by atoms with Crippen LogP contribution in [-0.2, 0) is 6.42 Å². The average Bonchev–Trinajstić information content (AvgIpc) is 3.14. The van der Waals surface area contributed by atoms with Gasteiger partial charge in [-0.3, -0.25) is 4.79 Å². The van der Waals surface area contributed by atoms with Crippen LogP contribution in [0.3, 0.4) is 0 Å². The van der Waals surface area contributed by atoms with Crippen molar-refractivity contribution in [3.63, 3.8) is 0 Å². The van der Waals surface area contributed by atoms with Crippen molar-refractivity contribution >= 4 is 22.9 Å². The summed E-state index contributed by atoms with van der Waals surface area (Å²) in [7, 11) is 0. The topological polar surface area (TPSA) is 103 Å². The second-order valence-electron chi connectivity index (χ2n) is 9.22. The van der Waals surface area contributed by atoms with Gasteiger partial charge < -0.3 is 24.8 Å². The quantitative estimate of drug-likeness (QED) is 0.548. The van der Waals surface area contributed by atoms with Crippen molar-refractivity contribution < 1.29 is 15.0 Å². The van der Waals surface area contributed by atoms with Crippen LogP contribution in [0, 0.1) is 6.92 Å². The molecule has 32 heavy (non-hydrogen) atoms. The number of nitrogens with one attached hydrogen (secondary N) is 1. The minimum absolute atomic E-state index is 0.270. The minimum atomic E-state index is -0.754. The minimum Gasteiger partial charge on any atom is -0.393 e. The Morgan fingerprint density at radius 1 is 1.22 bits per heavy atom. The number of amides is 1. The third-order valence-electron chi connectivity index (χ3n) is 5.79.